The van der Waals surface area contributed by atoms with Crippen LogP contribution in [-0.4, -0.2) is 61.6 Å². The van der Waals surface area contributed by atoms with Crippen molar-refractivity contribution in [3.05, 3.63) is 35.9 Å². The van der Waals surface area contributed by atoms with Gasteiger partial charge in [0, 0.05) is 31.7 Å². The normalized spacial score (nSPS) is 21.3. The molecule has 2 N–H and O–H groups in total. The van der Waals surface area contributed by atoms with Gasteiger partial charge in [-0.2, -0.15) is 0 Å². The molecular formula is C17H27Cl2N3O2. The molecule has 1 aromatic carbocycles. The molecular weight excluding hydrogens is 349 g/mol. The van der Waals surface area contributed by atoms with Crippen molar-refractivity contribution in [2.45, 2.75) is 18.4 Å². The molecule has 7 heteroatoms. The van der Waals surface area contributed by atoms with Crippen LogP contribution in [0.2, 0.25) is 0 Å². The van der Waals surface area contributed by atoms with E-state index in [9.17, 15) is 4.79 Å². The molecule has 0 radical (unpaired) electrons. The van der Waals surface area contributed by atoms with Crippen molar-refractivity contribution in [2.24, 2.45) is 5.73 Å². The van der Waals surface area contributed by atoms with Crippen molar-refractivity contribution in [3.63, 3.8) is 0 Å². The van der Waals surface area contributed by atoms with Crippen molar-refractivity contribution >= 4 is 30.7 Å². The number of hydrogen-bond acceptors (Lipinski definition) is 4. The topological polar surface area (TPSA) is 58.8 Å². The number of nitrogens with two attached hydrogens (primary N) is 1. The first-order valence-corrected chi connectivity index (χ1v) is 8.10. The van der Waals surface area contributed by atoms with Gasteiger partial charge in [0.2, 0.25) is 5.91 Å². The number of carbonyl (C=O) groups excluding carboxylic acids is 1. The summed E-state index contributed by atoms with van der Waals surface area (Å²) in [5.74, 6) is -0.237. The van der Waals surface area contributed by atoms with E-state index in [-0.39, 0.29) is 36.3 Å². The lowest BCUT2D eigenvalue weighted by Gasteiger charge is -2.50. The van der Waals surface area contributed by atoms with Gasteiger partial charge in [-0.15, -0.1) is 24.8 Å². The zero-order chi connectivity index (χ0) is 15.4. The van der Waals surface area contributed by atoms with Crippen molar-refractivity contribution in [1.29, 1.82) is 0 Å². The van der Waals surface area contributed by atoms with Gasteiger partial charge in [0.1, 0.15) is 0 Å². The maximum Gasteiger partial charge on any atom is 0.231 e. The first-order valence-electron chi connectivity index (χ1n) is 8.10. The lowest BCUT2D eigenvalue weighted by molar-refractivity contribution is -0.120. The molecule has 2 saturated heterocycles. The minimum absolute atomic E-state index is 0. The molecule has 2 aliphatic rings. The number of rotatable bonds is 4. The molecule has 3 rings (SSSR count). The van der Waals surface area contributed by atoms with Crippen LogP contribution in [0.1, 0.15) is 18.4 Å². The van der Waals surface area contributed by atoms with Gasteiger partial charge < -0.3 is 10.5 Å². The summed E-state index contributed by atoms with van der Waals surface area (Å²) in [7, 11) is 0. The van der Waals surface area contributed by atoms with Gasteiger partial charge in [0.25, 0.3) is 0 Å². The lowest BCUT2D eigenvalue weighted by Crippen LogP contribution is -2.57. The summed E-state index contributed by atoms with van der Waals surface area (Å²) in [6.07, 6.45) is 2.06. The zero-order valence-electron chi connectivity index (χ0n) is 13.9. The first-order chi connectivity index (χ1) is 10.7. The van der Waals surface area contributed by atoms with Gasteiger partial charge in [-0.3, -0.25) is 14.6 Å². The minimum Gasteiger partial charge on any atom is -0.379 e. The Morgan fingerprint density at radius 1 is 1.04 bits per heavy atom. The summed E-state index contributed by atoms with van der Waals surface area (Å²) in [4.78, 5) is 15.9. The number of halogens is 2. The Morgan fingerprint density at radius 2 is 1.62 bits per heavy atom. The van der Waals surface area contributed by atoms with Crippen LogP contribution in [0, 0.1) is 0 Å². The number of morpholine rings is 1. The SMILES string of the molecule is Cl.Cl.NC(=O)CN1CCC(c2ccccc2)(N2CCOCC2)CC1. The van der Waals surface area contributed by atoms with E-state index in [1.807, 2.05) is 0 Å². The molecule has 2 fully saturated rings. The number of carbonyl (C=O) groups is 1. The van der Waals surface area contributed by atoms with Crippen LogP contribution in [-0.2, 0) is 15.1 Å². The van der Waals surface area contributed by atoms with Crippen LogP contribution in [0.4, 0.5) is 0 Å². The molecule has 0 aliphatic carbocycles. The second kappa shape index (κ2) is 9.59. The quantitative estimate of drug-likeness (QED) is 0.868. The number of amides is 1. The third-order valence-electron chi connectivity index (χ3n) is 4.99. The summed E-state index contributed by atoms with van der Waals surface area (Å²) < 4.78 is 5.53. The summed E-state index contributed by atoms with van der Waals surface area (Å²) in [5.41, 5.74) is 6.79. The first kappa shape index (κ1) is 21.2. The fraction of sp³-hybridized carbons (Fsp3) is 0.588. The van der Waals surface area contributed by atoms with E-state index in [1.54, 1.807) is 0 Å². The summed E-state index contributed by atoms with van der Waals surface area (Å²) >= 11 is 0. The Bertz CT molecular complexity index is 502. The molecule has 136 valence electrons. The molecule has 2 aliphatic heterocycles. The van der Waals surface area contributed by atoms with Crippen molar-refractivity contribution in [2.75, 3.05) is 45.9 Å². The number of benzene rings is 1. The monoisotopic (exact) mass is 375 g/mol. The van der Waals surface area contributed by atoms with E-state index in [4.69, 9.17) is 10.5 Å². The third-order valence-corrected chi connectivity index (χ3v) is 4.99. The number of primary amides is 1. The molecule has 0 aromatic heterocycles. The van der Waals surface area contributed by atoms with Crippen LogP contribution >= 0.6 is 24.8 Å². The molecule has 5 nitrogen and oxygen atoms in total. The number of likely N-dealkylation sites (tertiary alicyclic amines) is 1. The van der Waals surface area contributed by atoms with E-state index >= 15 is 0 Å². The summed E-state index contributed by atoms with van der Waals surface area (Å²) in [6, 6.07) is 10.8. The second-order valence-corrected chi connectivity index (χ2v) is 6.24. The van der Waals surface area contributed by atoms with Gasteiger partial charge >= 0.3 is 0 Å². The van der Waals surface area contributed by atoms with E-state index in [2.05, 4.69) is 40.1 Å². The minimum atomic E-state index is -0.237. The highest BCUT2D eigenvalue weighted by Gasteiger charge is 2.41. The van der Waals surface area contributed by atoms with Gasteiger partial charge in [-0.1, -0.05) is 30.3 Å². The highest BCUT2D eigenvalue weighted by atomic mass is 35.5. The van der Waals surface area contributed by atoms with Crippen LogP contribution in [0.3, 0.4) is 0 Å². The van der Waals surface area contributed by atoms with E-state index in [0.717, 1.165) is 52.2 Å². The van der Waals surface area contributed by atoms with Gasteiger partial charge in [0.15, 0.2) is 0 Å². The Balaban J connectivity index is 0.00000144. The maximum atomic E-state index is 11.2. The fourth-order valence-electron chi connectivity index (χ4n) is 3.83. The number of piperidine rings is 1. The maximum absolute atomic E-state index is 11.2. The molecule has 0 spiro atoms. The van der Waals surface area contributed by atoms with Crippen LogP contribution in [0.5, 0.6) is 0 Å². The van der Waals surface area contributed by atoms with Crippen molar-refractivity contribution < 1.29 is 9.53 Å². The number of hydrogen-bond donors (Lipinski definition) is 1. The average molecular weight is 376 g/mol. The molecule has 0 bridgehead atoms. The zero-order valence-corrected chi connectivity index (χ0v) is 15.5. The van der Waals surface area contributed by atoms with Gasteiger partial charge in [-0.05, 0) is 18.4 Å². The highest BCUT2D eigenvalue weighted by molar-refractivity contribution is 5.85. The average Bonchev–Trinajstić information content (AvgIpc) is 2.57. The van der Waals surface area contributed by atoms with Crippen molar-refractivity contribution in [1.82, 2.24) is 9.80 Å². The van der Waals surface area contributed by atoms with Gasteiger partial charge in [0.05, 0.1) is 19.8 Å². The summed E-state index contributed by atoms with van der Waals surface area (Å²) in [5, 5.41) is 0. The largest absolute Gasteiger partial charge is 0.379 e. The lowest BCUT2D eigenvalue weighted by atomic mass is 9.79. The van der Waals surface area contributed by atoms with Crippen molar-refractivity contribution in [3.8, 4) is 0 Å². The Hall–Kier alpha value is -0.850. The van der Waals surface area contributed by atoms with Gasteiger partial charge in [-0.25, -0.2) is 0 Å². The molecule has 0 atom stereocenters. The number of ether oxygens (including phenoxy) is 1. The van der Waals surface area contributed by atoms with Crippen LogP contribution in [0.15, 0.2) is 30.3 Å². The molecule has 24 heavy (non-hydrogen) atoms. The predicted octanol–water partition coefficient (Wildman–Crippen LogP) is 1.64. The number of nitrogens with zero attached hydrogens (tertiary/aromatic N) is 2. The molecule has 1 aromatic rings. The van der Waals surface area contributed by atoms with E-state index in [1.165, 1.54) is 5.56 Å². The predicted molar refractivity (Wildman–Crippen MR) is 99.9 cm³/mol. The van der Waals surface area contributed by atoms with E-state index in [0.29, 0.717) is 6.54 Å². The molecule has 0 unspecified atom stereocenters. The molecule has 1 amide bonds. The van der Waals surface area contributed by atoms with Crippen LogP contribution in [0.25, 0.3) is 0 Å². The smallest absolute Gasteiger partial charge is 0.231 e. The third kappa shape index (κ3) is 4.61. The van der Waals surface area contributed by atoms with Crippen LogP contribution < -0.4 is 5.73 Å². The highest BCUT2D eigenvalue weighted by Crippen LogP contribution is 2.39. The summed E-state index contributed by atoms with van der Waals surface area (Å²) in [6.45, 7) is 5.76. The standard InChI is InChI=1S/C17H25N3O2.2ClH/c18-16(21)14-19-8-6-17(7-9-19,15-4-2-1-3-5-15)20-10-12-22-13-11-20;;/h1-5H,6-14H2,(H2,18,21);2*1H. The fourth-order valence-corrected chi connectivity index (χ4v) is 3.83. The Kier molecular flexibility index (Phi) is 8.46. The van der Waals surface area contributed by atoms with E-state index < -0.39 is 0 Å². The molecule has 2 heterocycles. The molecule has 0 saturated carbocycles. The second-order valence-electron chi connectivity index (χ2n) is 6.24. The Morgan fingerprint density at radius 3 is 2.17 bits per heavy atom. The Labute approximate surface area is 156 Å².